The lowest BCUT2D eigenvalue weighted by atomic mass is 10.0. The Hall–Kier alpha value is -2.26. The third-order valence-corrected chi connectivity index (χ3v) is 2.93. The van der Waals surface area contributed by atoms with E-state index >= 15 is 0 Å². The van der Waals surface area contributed by atoms with Crippen molar-refractivity contribution in [2.45, 2.75) is 18.6 Å². The largest absolute Gasteiger partial charge is 0.390 e. The molecule has 0 aromatic heterocycles. The van der Waals surface area contributed by atoms with Crippen molar-refractivity contribution in [2.24, 2.45) is 5.11 Å². The number of anilines is 1. The number of benzene rings is 1. The number of aliphatic hydroxyl groups is 2. The van der Waals surface area contributed by atoms with Gasteiger partial charge in [0.25, 0.3) is 0 Å². The van der Waals surface area contributed by atoms with E-state index in [1.54, 1.807) is 24.3 Å². The molecule has 106 valence electrons. The van der Waals surface area contributed by atoms with Crippen LogP contribution in [0.5, 0.6) is 0 Å². The van der Waals surface area contributed by atoms with E-state index < -0.39 is 12.2 Å². The zero-order valence-corrected chi connectivity index (χ0v) is 11.2. The van der Waals surface area contributed by atoms with E-state index in [1.165, 1.54) is 0 Å². The Morgan fingerprint density at radius 2 is 2.05 bits per heavy atom. The molecule has 0 radical (unpaired) electrons. The number of hydrogen-bond donors (Lipinski definition) is 2. The molecule has 2 N–H and O–H groups in total. The molecule has 20 heavy (non-hydrogen) atoms. The van der Waals surface area contributed by atoms with Crippen molar-refractivity contribution in [2.75, 3.05) is 25.0 Å². The Morgan fingerprint density at radius 1 is 1.40 bits per heavy atom. The first kappa shape index (κ1) is 15.8. The van der Waals surface area contributed by atoms with E-state index in [0.717, 1.165) is 5.69 Å². The predicted octanol–water partition coefficient (Wildman–Crippen LogP) is 1.74. The minimum atomic E-state index is -1.13. The molecule has 2 unspecified atom stereocenters. The number of hydrogen-bond acceptors (Lipinski definition) is 5. The average Bonchev–Trinajstić information content (AvgIpc) is 2.49. The van der Waals surface area contributed by atoms with Gasteiger partial charge in [-0.05, 0) is 23.2 Å². The second kappa shape index (κ2) is 8.02. The topological polar surface area (TPSA) is 116 Å². The molecule has 0 amide bonds. The van der Waals surface area contributed by atoms with E-state index in [2.05, 4.69) is 16.1 Å². The van der Waals surface area contributed by atoms with Crippen LogP contribution in [0.1, 0.15) is 18.1 Å². The lowest BCUT2D eigenvalue weighted by molar-refractivity contribution is 0.0244. The van der Waals surface area contributed by atoms with Crippen LogP contribution in [-0.4, -0.2) is 36.5 Å². The van der Waals surface area contributed by atoms with Crippen LogP contribution >= 0.6 is 0 Å². The average molecular weight is 275 g/mol. The van der Waals surface area contributed by atoms with Crippen LogP contribution < -0.4 is 4.90 Å². The first-order chi connectivity index (χ1) is 9.60. The Balaban J connectivity index is 2.70. The lowest BCUT2D eigenvalue weighted by Gasteiger charge is -2.20. The third-order valence-electron chi connectivity index (χ3n) is 2.93. The van der Waals surface area contributed by atoms with E-state index in [0.29, 0.717) is 18.5 Å². The van der Waals surface area contributed by atoms with Gasteiger partial charge in [0.05, 0.1) is 25.1 Å². The van der Waals surface area contributed by atoms with Gasteiger partial charge in [0.15, 0.2) is 0 Å². The van der Waals surface area contributed by atoms with E-state index in [4.69, 9.17) is 10.8 Å². The third kappa shape index (κ3) is 4.44. The van der Waals surface area contributed by atoms with Crippen LogP contribution in [0.2, 0.25) is 0 Å². The highest BCUT2D eigenvalue weighted by atomic mass is 16.3. The first-order valence-electron chi connectivity index (χ1n) is 6.15. The molecule has 1 aromatic carbocycles. The maximum atomic E-state index is 9.90. The van der Waals surface area contributed by atoms with Gasteiger partial charge in [-0.2, -0.15) is 5.26 Å². The van der Waals surface area contributed by atoms with Gasteiger partial charge in [-0.1, -0.05) is 17.2 Å². The Labute approximate surface area is 117 Å². The molecule has 0 spiro atoms. The Bertz CT molecular complexity index is 504. The molecule has 0 bridgehead atoms. The summed E-state index contributed by atoms with van der Waals surface area (Å²) in [6, 6.07) is 9.07. The Kier molecular flexibility index (Phi) is 6.33. The molecule has 0 aliphatic heterocycles. The van der Waals surface area contributed by atoms with Crippen LogP contribution in [0.15, 0.2) is 29.4 Å². The summed E-state index contributed by atoms with van der Waals surface area (Å²) in [5.74, 6) is 0. The summed E-state index contributed by atoms with van der Waals surface area (Å²) in [6.07, 6.45) is -1.79. The molecule has 0 heterocycles. The molecule has 0 aliphatic rings. The minimum absolute atomic E-state index is 0.179. The fraction of sp³-hybridized carbons (Fsp3) is 0.462. The summed E-state index contributed by atoms with van der Waals surface area (Å²) >= 11 is 0. The summed E-state index contributed by atoms with van der Waals surface area (Å²) in [5.41, 5.74) is 9.63. The zero-order chi connectivity index (χ0) is 15.0. The smallest absolute Gasteiger partial charge is 0.105 e. The summed E-state index contributed by atoms with van der Waals surface area (Å²) in [5, 5.41) is 31.3. The molecular weight excluding hydrogens is 258 g/mol. The highest BCUT2D eigenvalue weighted by molar-refractivity contribution is 5.47. The van der Waals surface area contributed by atoms with Crippen molar-refractivity contribution in [1.82, 2.24) is 0 Å². The molecule has 1 aromatic rings. The van der Waals surface area contributed by atoms with Gasteiger partial charge in [-0.15, -0.1) is 0 Å². The second-order valence-electron chi connectivity index (χ2n) is 4.35. The Morgan fingerprint density at radius 3 is 2.60 bits per heavy atom. The van der Waals surface area contributed by atoms with Crippen LogP contribution in [-0.2, 0) is 0 Å². The fourth-order valence-corrected chi connectivity index (χ4v) is 1.71. The molecule has 0 saturated carbocycles. The van der Waals surface area contributed by atoms with E-state index in [9.17, 15) is 10.2 Å². The number of nitrogens with zero attached hydrogens (tertiary/aromatic N) is 5. The summed E-state index contributed by atoms with van der Waals surface area (Å²) in [4.78, 5) is 4.46. The number of rotatable bonds is 7. The van der Waals surface area contributed by atoms with Crippen LogP contribution in [0, 0.1) is 11.3 Å². The van der Waals surface area contributed by atoms with E-state index in [1.807, 2.05) is 11.9 Å². The molecular formula is C13H17N5O2. The van der Waals surface area contributed by atoms with Crippen molar-refractivity contribution < 1.29 is 10.2 Å². The van der Waals surface area contributed by atoms with Crippen molar-refractivity contribution in [3.05, 3.63) is 40.3 Å². The number of azide groups is 1. The first-order valence-corrected chi connectivity index (χ1v) is 6.15. The standard InChI is InChI=1S/C13H17N5O2/c1-18(8-2-7-14)11-5-3-10(4-6-11)13(20)12(19)9-16-17-15/h3-6,12-13,19-20H,2,8-9H2,1H3. The molecule has 2 atom stereocenters. The quantitative estimate of drug-likeness (QED) is 0.447. The van der Waals surface area contributed by atoms with Gasteiger partial charge < -0.3 is 15.1 Å². The highest BCUT2D eigenvalue weighted by Crippen LogP contribution is 2.21. The molecule has 7 heteroatoms. The van der Waals surface area contributed by atoms with Gasteiger partial charge in [0.1, 0.15) is 6.10 Å². The fourth-order valence-electron chi connectivity index (χ4n) is 1.71. The predicted molar refractivity (Wildman–Crippen MR) is 74.9 cm³/mol. The van der Waals surface area contributed by atoms with Gasteiger partial charge in [-0.3, -0.25) is 0 Å². The molecule has 7 nitrogen and oxygen atoms in total. The molecule has 1 rings (SSSR count). The number of nitriles is 1. The maximum absolute atomic E-state index is 9.90. The summed E-state index contributed by atoms with van der Waals surface area (Å²) in [7, 11) is 1.87. The molecule has 0 fully saturated rings. The monoisotopic (exact) mass is 275 g/mol. The lowest BCUT2D eigenvalue weighted by Crippen LogP contribution is -2.21. The maximum Gasteiger partial charge on any atom is 0.105 e. The highest BCUT2D eigenvalue weighted by Gasteiger charge is 2.17. The normalized spacial score (nSPS) is 12.9. The number of aliphatic hydroxyl groups excluding tert-OH is 2. The molecule has 0 saturated heterocycles. The zero-order valence-electron chi connectivity index (χ0n) is 11.2. The van der Waals surface area contributed by atoms with Crippen LogP contribution in [0.25, 0.3) is 10.4 Å². The van der Waals surface area contributed by atoms with Crippen molar-refractivity contribution >= 4 is 5.69 Å². The molecule has 0 aliphatic carbocycles. The summed E-state index contributed by atoms with van der Waals surface area (Å²) in [6.45, 7) is 0.444. The van der Waals surface area contributed by atoms with Crippen LogP contribution in [0.4, 0.5) is 5.69 Å². The van der Waals surface area contributed by atoms with Crippen molar-refractivity contribution in [3.63, 3.8) is 0 Å². The van der Waals surface area contributed by atoms with Gasteiger partial charge in [0.2, 0.25) is 0 Å². The van der Waals surface area contributed by atoms with Gasteiger partial charge >= 0.3 is 0 Å². The minimum Gasteiger partial charge on any atom is -0.390 e. The van der Waals surface area contributed by atoms with Crippen molar-refractivity contribution in [1.29, 1.82) is 5.26 Å². The van der Waals surface area contributed by atoms with E-state index in [-0.39, 0.29) is 6.54 Å². The SMILES string of the molecule is CN(CCC#N)c1ccc(C(O)C(O)CN=[N+]=[N-])cc1. The second-order valence-corrected chi connectivity index (χ2v) is 4.35. The summed E-state index contributed by atoms with van der Waals surface area (Å²) < 4.78 is 0. The van der Waals surface area contributed by atoms with Crippen molar-refractivity contribution in [3.8, 4) is 6.07 Å². The van der Waals surface area contributed by atoms with Crippen LogP contribution in [0.3, 0.4) is 0 Å². The van der Waals surface area contributed by atoms with Gasteiger partial charge in [0, 0.05) is 24.2 Å². The van der Waals surface area contributed by atoms with Gasteiger partial charge in [-0.25, -0.2) is 0 Å².